The molecule has 1 aliphatic heterocycles. The van der Waals surface area contributed by atoms with Gasteiger partial charge in [0.2, 0.25) is 10.0 Å². The number of hydrogen-bond acceptors (Lipinski definition) is 6. The predicted molar refractivity (Wildman–Crippen MR) is 133 cm³/mol. The first-order chi connectivity index (χ1) is 16.2. The molecule has 1 aliphatic rings. The molecule has 0 radical (unpaired) electrons. The molecule has 1 N–H and O–H groups in total. The van der Waals surface area contributed by atoms with Crippen molar-refractivity contribution in [2.75, 3.05) is 39.8 Å². The normalized spacial score (nSPS) is 15.8. The minimum atomic E-state index is -3.69. The van der Waals surface area contributed by atoms with Crippen LogP contribution in [-0.2, 0) is 23.5 Å². The molecule has 3 heterocycles. The van der Waals surface area contributed by atoms with E-state index in [0.717, 1.165) is 24.1 Å². The van der Waals surface area contributed by atoms with Gasteiger partial charge in [0.15, 0.2) is 0 Å². The Balaban J connectivity index is 1.88. The molecule has 184 valence electrons. The van der Waals surface area contributed by atoms with Crippen LogP contribution in [0.15, 0.2) is 27.9 Å². The van der Waals surface area contributed by atoms with Crippen molar-refractivity contribution < 1.29 is 13.2 Å². The van der Waals surface area contributed by atoms with Crippen LogP contribution in [0.4, 0.5) is 0 Å². The molecule has 0 bridgehead atoms. The third-order valence-corrected chi connectivity index (χ3v) is 8.46. The number of nitrogens with one attached hydrogen (secondary N) is 1. The Morgan fingerprint density at radius 3 is 2.47 bits per heavy atom. The van der Waals surface area contributed by atoms with Crippen LogP contribution >= 0.6 is 0 Å². The van der Waals surface area contributed by atoms with Gasteiger partial charge in [0, 0.05) is 38.9 Å². The largest absolute Gasteiger partial charge is 0.493 e. The summed E-state index contributed by atoms with van der Waals surface area (Å²) in [5.74, 6) is 0.784. The highest BCUT2D eigenvalue weighted by Crippen LogP contribution is 2.33. The topological polar surface area (TPSA) is 101 Å². The van der Waals surface area contributed by atoms with E-state index in [-0.39, 0.29) is 10.5 Å². The average Bonchev–Trinajstić information content (AvgIpc) is 3.05. The third-order valence-electron chi connectivity index (χ3n) is 6.56. The fraction of sp³-hybridized carbons (Fsp3) is 0.500. The van der Waals surface area contributed by atoms with Crippen molar-refractivity contribution in [2.24, 2.45) is 7.05 Å². The molecule has 9 nitrogen and oxygen atoms in total. The maximum atomic E-state index is 13.4. The molecule has 34 heavy (non-hydrogen) atoms. The first kappa shape index (κ1) is 24.4. The Labute approximate surface area is 200 Å². The molecule has 1 aromatic carbocycles. The van der Waals surface area contributed by atoms with Crippen molar-refractivity contribution in [1.82, 2.24) is 23.7 Å². The zero-order valence-corrected chi connectivity index (χ0v) is 21.3. The first-order valence-electron chi connectivity index (χ1n) is 11.7. The van der Waals surface area contributed by atoms with E-state index in [1.165, 1.54) is 4.31 Å². The van der Waals surface area contributed by atoms with Crippen molar-refractivity contribution in [3.05, 3.63) is 39.8 Å². The Bertz CT molecular complexity index is 1370. The lowest BCUT2D eigenvalue weighted by atomic mass is 10.1. The van der Waals surface area contributed by atoms with E-state index in [1.54, 1.807) is 18.2 Å². The number of benzene rings is 1. The van der Waals surface area contributed by atoms with Crippen LogP contribution < -0.4 is 10.3 Å². The van der Waals surface area contributed by atoms with E-state index in [4.69, 9.17) is 9.72 Å². The molecule has 3 aromatic rings. The van der Waals surface area contributed by atoms with Gasteiger partial charge in [-0.05, 0) is 51.1 Å². The SMILES string of the molecule is CCCc1c(C)n(C)c2c(=O)[nH]c(-c3cc(S(=O)(=O)N4CCN(C)CC4)ccc3OCC)nc12. The van der Waals surface area contributed by atoms with Gasteiger partial charge in [-0.25, -0.2) is 13.4 Å². The minimum Gasteiger partial charge on any atom is -0.493 e. The summed E-state index contributed by atoms with van der Waals surface area (Å²) in [6.45, 7) is 8.57. The summed E-state index contributed by atoms with van der Waals surface area (Å²) < 4.78 is 35.9. The smallest absolute Gasteiger partial charge is 0.275 e. The number of aromatic amines is 1. The summed E-state index contributed by atoms with van der Waals surface area (Å²) in [7, 11) is 0.152. The van der Waals surface area contributed by atoms with Gasteiger partial charge in [-0.2, -0.15) is 4.31 Å². The zero-order chi connectivity index (χ0) is 24.6. The van der Waals surface area contributed by atoms with Gasteiger partial charge in [-0.15, -0.1) is 0 Å². The summed E-state index contributed by atoms with van der Waals surface area (Å²) in [4.78, 5) is 23.1. The molecular formula is C24H33N5O4S. The maximum absolute atomic E-state index is 13.4. The Morgan fingerprint density at radius 1 is 1.12 bits per heavy atom. The maximum Gasteiger partial charge on any atom is 0.275 e. The van der Waals surface area contributed by atoms with E-state index in [9.17, 15) is 13.2 Å². The number of likely N-dealkylation sites (N-methyl/N-ethyl adjacent to an activating group) is 1. The number of nitrogens with zero attached hydrogens (tertiary/aromatic N) is 4. The monoisotopic (exact) mass is 487 g/mol. The highest BCUT2D eigenvalue weighted by Gasteiger charge is 2.29. The van der Waals surface area contributed by atoms with Crippen molar-refractivity contribution in [2.45, 2.75) is 38.5 Å². The molecule has 4 rings (SSSR count). The summed E-state index contributed by atoms with van der Waals surface area (Å²) in [6.07, 6.45) is 1.72. The number of hydrogen-bond donors (Lipinski definition) is 1. The minimum absolute atomic E-state index is 0.163. The average molecular weight is 488 g/mol. The number of sulfonamides is 1. The third kappa shape index (κ3) is 4.25. The Kier molecular flexibility index (Phi) is 6.84. The summed E-state index contributed by atoms with van der Waals surface area (Å²) >= 11 is 0. The van der Waals surface area contributed by atoms with Gasteiger partial charge >= 0.3 is 0 Å². The molecule has 0 spiro atoms. The van der Waals surface area contributed by atoms with Gasteiger partial charge < -0.3 is 19.2 Å². The Hall–Kier alpha value is -2.69. The quantitative estimate of drug-likeness (QED) is 0.550. The molecule has 2 aromatic heterocycles. The van der Waals surface area contributed by atoms with Crippen LogP contribution in [0.1, 0.15) is 31.5 Å². The molecule has 0 saturated carbocycles. The lowest BCUT2D eigenvalue weighted by molar-refractivity contribution is 0.222. The fourth-order valence-electron chi connectivity index (χ4n) is 4.52. The van der Waals surface area contributed by atoms with Crippen LogP contribution in [0.25, 0.3) is 22.4 Å². The fourth-order valence-corrected chi connectivity index (χ4v) is 5.97. The molecular weight excluding hydrogens is 454 g/mol. The van der Waals surface area contributed by atoms with Crippen molar-refractivity contribution >= 4 is 21.1 Å². The van der Waals surface area contributed by atoms with Crippen molar-refractivity contribution in [3.63, 3.8) is 0 Å². The number of aromatic nitrogens is 3. The molecule has 1 fully saturated rings. The summed E-state index contributed by atoms with van der Waals surface area (Å²) in [5, 5.41) is 0. The highest BCUT2D eigenvalue weighted by molar-refractivity contribution is 7.89. The van der Waals surface area contributed by atoms with Crippen LogP contribution in [0.5, 0.6) is 5.75 Å². The second-order valence-electron chi connectivity index (χ2n) is 8.78. The van der Waals surface area contributed by atoms with Crippen molar-refractivity contribution in [3.8, 4) is 17.1 Å². The standard InChI is InChI=1S/C24H33N5O4S/c1-6-8-18-16(3)28(5)22-21(18)25-23(26-24(22)30)19-15-17(9-10-20(19)33-7-2)34(31,32)29-13-11-27(4)12-14-29/h9-10,15H,6-8,11-14H2,1-5H3,(H,25,26,30). The number of rotatable bonds is 7. The number of ether oxygens (including phenoxy) is 1. The van der Waals surface area contributed by atoms with E-state index >= 15 is 0 Å². The lowest BCUT2D eigenvalue weighted by Crippen LogP contribution is -2.47. The predicted octanol–water partition coefficient (Wildman–Crippen LogP) is 2.52. The van der Waals surface area contributed by atoms with Gasteiger partial charge in [-0.3, -0.25) is 4.79 Å². The number of piperazine rings is 1. The number of fused-ring (bicyclic) bond motifs is 1. The van der Waals surface area contributed by atoms with Crippen LogP contribution in [-0.4, -0.2) is 72.0 Å². The molecule has 0 atom stereocenters. The van der Waals surface area contributed by atoms with Gasteiger partial charge in [0.1, 0.15) is 17.1 Å². The summed E-state index contributed by atoms with van der Waals surface area (Å²) in [6, 6.07) is 4.78. The highest BCUT2D eigenvalue weighted by atomic mass is 32.2. The van der Waals surface area contributed by atoms with E-state index < -0.39 is 10.0 Å². The molecule has 0 unspecified atom stereocenters. The van der Waals surface area contributed by atoms with E-state index in [1.807, 2.05) is 32.5 Å². The molecule has 0 amide bonds. The molecule has 10 heteroatoms. The second kappa shape index (κ2) is 9.52. The number of H-pyrrole nitrogens is 1. The first-order valence-corrected chi connectivity index (χ1v) is 13.2. The lowest BCUT2D eigenvalue weighted by Gasteiger charge is -2.31. The van der Waals surface area contributed by atoms with Gasteiger partial charge in [0.05, 0.1) is 22.6 Å². The summed E-state index contributed by atoms with van der Waals surface area (Å²) in [5.41, 5.74) is 3.40. The van der Waals surface area contributed by atoms with Crippen LogP contribution in [0.2, 0.25) is 0 Å². The zero-order valence-electron chi connectivity index (χ0n) is 20.5. The van der Waals surface area contributed by atoms with Crippen LogP contribution in [0.3, 0.4) is 0 Å². The van der Waals surface area contributed by atoms with Crippen LogP contribution in [0, 0.1) is 6.92 Å². The van der Waals surface area contributed by atoms with E-state index in [2.05, 4.69) is 16.8 Å². The van der Waals surface area contributed by atoms with Gasteiger partial charge in [-0.1, -0.05) is 13.3 Å². The second-order valence-corrected chi connectivity index (χ2v) is 10.7. The van der Waals surface area contributed by atoms with Crippen molar-refractivity contribution in [1.29, 1.82) is 0 Å². The number of aryl methyl sites for hydroxylation is 2. The van der Waals surface area contributed by atoms with Gasteiger partial charge in [0.25, 0.3) is 5.56 Å². The molecule has 1 saturated heterocycles. The molecule has 0 aliphatic carbocycles. The van der Waals surface area contributed by atoms with E-state index in [0.29, 0.717) is 61.0 Å². The Morgan fingerprint density at radius 2 is 1.82 bits per heavy atom.